The van der Waals surface area contributed by atoms with Crippen molar-refractivity contribution in [3.05, 3.63) is 48.0 Å². The van der Waals surface area contributed by atoms with E-state index in [2.05, 4.69) is 24.1 Å². The molecular formula is C21H24N4O2. The van der Waals surface area contributed by atoms with E-state index in [1.807, 2.05) is 34.7 Å². The smallest absolute Gasteiger partial charge is 0.274 e. The molecule has 1 aliphatic rings. The van der Waals surface area contributed by atoms with Crippen LogP contribution in [-0.2, 0) is 6.42 Å². The van der Waals surface area contributed by atoms with Crippen LogP contribution in [0.15, 0.2) is 36.7 Å². The molecule has 0 radical (unpaired) electrons. The maximum Gasteiger partial charge on any atom is 0.274 e. The first-order chi connectivity index (χ1) is 13.1. The van der Waals surface area contributed by atoms with Crippen molar-refractivity contribution in [2.24, 2.45) is 5.92 Å². The molecule has 1 atom stereocenters. The van der Waals surface area contributed by atoms with Crippen LogP contribution in [0.2, 0.25) is 0 Å². The molecule has 27 heavy (non-hydrogen) atoms. The van der Waals surface area contributed by atoms with E-state index < -0.39 is 0 Å². The number of benzene rings is 1. The first-order valence-electron chi connectivity index (χ1n) is 9.43. The monoisotopic (exact) mass is 364 g/mol. The standard InChI is InChI=1S/C21H24N4O2/c1-4-16-11-18(15-6-5-7-17(10-15)27-3)24-20-19(22-12-25(16)20)21(26)23-13(2)14-8-9-14/h5-7,10-14H,4,8-9H2,1-3H3,(H,23,26)/t13-/m0/s1. The highest BCUT2D eigenvalue weighted by molar-refractivity contribution is 5.98. The highest BCUT2D eigenvalue weighted by Crippen LogP contribution is 2.32. The zero-order valence-electron chi connectivity index (χ0n) is 15.9. The third-order valence-corrected chi connectivity index (χ3v) is 5.21. The number of aromatic nitrogens is 3. The molecule has 3 aromatic rings. The SMILES string of the molecule is CCc1cc(-c2cccc(OC)c2)nc2c(C(=O)N[C@@H](C)C3CC3)ncn12. The predicted octanol–water partition coefficient (Wildman–Crippen LogP) is 3.50. The quantitative estimate of drug-likeness (QED) is 0.727. The Bertz CT molecular complexity index is 991. The van der Waals surface area contributed by atoms with Crippen molar-refractivity contribution in [3.8, 4) is 17.0 Å². The van der Waals surface area contributed by atoms with Crippen molar-refractivity contribution in [1.29, 1.82) is 0 Å². The summed E-state index contributed by atoms with van der Waals surface area (Å²) >= 11 is 0. The fourth-order valence-corrected chi connectivity index (χ4v) is 3.38. The molecule has 2 heterocycles. The summed E-state index contributed by atoms with van der Waals surface area (Å²) in [5, 5.41) is 3.08. The maximum absolute atomic E-state index is 12.8. The number of hydrogen-bond donors (Lipinski definition) is 1. The van der Waals surface area contributed by atoms with Crippen LogP contribution < -0.4 is 10.1 Å². The number of carbonyl (C=O) groups excluding carboxylic acids is 1. The van der Waals surface area contributed by atoms with Gasteiger partial charge in [0.15, 0.2) is 11.3 Å². The minimum Gasteiger partial charge on any atom is -0.497 e. The molecule has 0 aliphatic heterocycles. The number of aryl methyl sites for hydroxylation is 1. The van der Waals surface area contributed by atoms with E-state index in [0.29, 0.717) is 17.3 Å². The van der Waals surface area contributed by atoms with Crippen molar-refractivity contribution < 1.29 is 9.53 Å². The molecule has 1 N–H and O–H groups in total. The summed E-state index contributed by atoms with van der Waals surface area (Å²) in [6.45, 7) is 4.14. The van der Waals surface area contributed by atoms with Gasteiger partial charge in [-0.05, 0) is 50.3 Å². The zero-order valence-corrected chi connectivity index (χ0v) is 15.9. The zero-order chi connectivity index (χ0) is 19.0. The summed E-state index contributed by atoms with van der Waals surface area (Å²) in [4.78, 5) is 21.9. The molecule has 4 rings (SSSR count). The van der Waals surface area contributed by atoms with Gasteiger partial charge in [-0.2, -0.15) is 0 Å². The van der Waals surface area contributed by atoms with E-state index in [9.17, 15) is 4.79 Å². The summed E-state index contributed by atoms with van der Waals surface area (Å²) < 4.78 is 7.23. The van der Waals surface area contributed by atoms with Crippen LogP contribution in [-0.4, -0.2) is 33.4 Å². The molecule has 1 fully saturated rings. The largest absolute Gasteiger partial charge is 0.497 e. The van der Waals surface area contributed by atoms with Gasteiger partial charge in [-0.15, -0.1) is 0 Å². The lowest BCUT2D eigenvalue weighted by Gasteiger charge is -2.12. The second-order valence-corrected chi connectivity index (χ2v) is 7.10. The molecule has 0 spiro atoms. The lowest BCUT2D eigenvalue weighted by atomic mass is 10.1. The topological polar surface area (TPSA) is 68.5 Å². The average Bonchev–Trinajstić information content (AvgIpc) is 3.46. The average molecular weight is 364 g/mol. The molecule has 6 nitrogen and oxygen atoms in total. The number of ether oxygens (including phenoxy) is 1. The Morgan fingerprint density at radius 2 is 2.19 bits per heavy atom. The Balaban J connectivity index is 1.76. The van der Waals surface area contributed by atoms with Gasteiger partial charge < -0.3 is 10.1 Å². The fourth-order valence-electron chi connectivity index (χ4n) is 3.38. The number of methoxy groups -OCH3 is 1. The Hall–Kier alpha value is -2.89. The van der Waals surface area contributed by atoms with Crippen LogP contribution in [0.3, 0.4) is 0 Å². The molecule has 0 bridgehead atoms. The number of nitrogens with one attached hydrogen (secondary N) is 1. The fraction of sp³-hybridized carbons (Fsp3) is 0.381. The van der Waals surface area contributed by atoms with Crippen molar-refractivity contribution in [1.82, 2.24) is 19.7 Å². The van der Waals surface area contributed by atoms with Gasteiger partial charge >= 0.3 is 0 Å². The van der Waals surface area contributed by atoms with Gasteiger partial charge in [0.1, 0.15) is 12.1 Å². The Kier molecular flexibility index (Phi) is 4.56. The Morgan fingerprint density at radius 3 is 2.89 bits per heavy atom. The number of imidazole rings is 1. The van der Waals surface area contributed by atoms with Gasteiger partial charge in [0.2, 0.25) is 0 Å². The molecule has 1 saturated carbocycles. The first kappa shape index (κ1) is 17.5. The molecular weight excluding hydrogens is 340 g/mol. The van der Waals surface area contributed by atoms with Gasteiger partial charge in [-0.25, -0.2) is 9.97 Å². The molecule has 1 aromatic carbocycles. The van der Waals surface area contributed by atoms with E-state index in [4.69, 9.17) is 9.72 Å². The van der Waals surface area contributed by atoms with E-state index in [1.165, 1.54) is 12.8 Å². The molecule has 2 aromatic heterocycles. The van der Waals surface area contributed by atoms with Crippen molar-refractivity contribution >= 4 is 11.6 Å². The van der Waals surface area contributed by atoms with Crippen LogP contribution in [0.25, 0.3) is 16.9 Å². The van der Waals surface area contributed by atoms with Crippen molar-refractivity contribution in [2.45, 2.75) is 39.2 Å². The van der Waals surface area contributed by atoms with Crippen LogP contribution in [0.1, 0.15) is 42.9 Å². The number of carbonyl (C=O) groups is 1. The molecule has 0 saturated heterocycles. The molecule has 1 aliphatic carbocycles. The number of amides is 1. The summed E-state index contributed by atoms with van der Waals surface area (Å²) in [5.74, 6) is 1.21. The summed E-state index contributed by atoms with van der Waals surface area (Å²) in [7, 11) is 1.65. The lowest BCUT2D eigenvalue weighted by Crippen LogP contribution is -2.34. The third-order valence-electron chi connectivity index (χ3n) is 5.21. The summed E-state index contributed by atoms with van der Waals surface area (Å²) in [5.41, 5.74) is 3.78. The Morgan fingerprint density at radius 1 is 1.37 bits per heavy atom. The van der Waals surface area contributed by atoms with Gasteiger partial charge in [0.05, 0.1) is 12.8 Å². The highest BCUT2D eigenvalue weighted by Gasteiger charge is 2.30. The highest BCUT2D eigenvalue weighted by atomic mass is 16.5. The summed E-state index contributed by atoms with van der Waals surface area (Å²) in [6.07, 6.45) is 4.87. The van der Waals surface area contributed by atoms with E-state index in [1.54, 1.807) is 13.4 Å². The van der Waals surface area contributed by atoms with E-state index in [0.717, 1.165) is 29.1 Å². The van der Waals surface area contributed by atoms with E-state index >= 15 is 0 Å². The third kappa shape index (κ3) is 3.39. The van der Waals surface area contributed by atoms with E-state index in [-0.39, 0.29) is 11.9 Å². The second-order valence-electron chi connectivity index (χ2n) is 7.10. The number of fused-ring (bicyclic) bond motifs is 1. The van der Waals surface area contributed by atoms with Crippen LogP contribution >= 0.6 is 0 Å². The number of rotatable bonds is 6. The van der Waals surface area contributed by atoms with Gasteiger partial charge in [-0.1, -0.05) is 19.1 Å². The molecule has 6 heteroatoms. The van der Waals surface area contributed by atoms with Crippen LogP contribution in [0.5, 0.6) is 5.75 Å². The summed E-state index contributed by atoms with van der Waals surface area (Å²) in [6, 6.07) is 9.99. The molecule has 1 amide bonds. The normalized spacial score (nSPS) is 14.9. The maximum atomic E-state index is 12.8. The van der Waals surface area contributed by atoms with Crippen LogP contribution in [0, 0.1) is 5.92 Å². The minimum atomic E-state index is -0.158. The second kappa shape index (κ2) is 7.02. The van der Waals surface area contributed by atoms with Crippen LogP contribution in [0.4, 0.5) is 0 Å². The van der Waals surface area contributed by atoms with Crippen molar-refractivity contribution in [3.63, 3.8) is 0 Å². The first-order valence-corrected chi connectivity index (χ1v) is 9.43. The minimum absolute atomic E-state index is 0.158. The van der Waals surface area contributed by atoms with Gasteiger partial charge in [0.25, 0.3) is 5.91 Å². The van der Waals surface area contributed by atoms with Crippen molar-refractivity contribution in [2.75, 3.05) is 7.11 Å². The van der Waals surface area contributed by atoms with Gasteiger partial charge in [0, 0.05) is 17.3 Å². The predicted molar refractivity (Wildman–Crippen MR) is 104 cm³/mol. The Labute approximate surface area is 158 Å². The molecule has 0 unspecified atom stereocenters. The number of nitrogens with zero attached hydrogens (tertiary/aromatic N) is 3. The number of hydrogen-bond acceptors (Lipinski definition) is 4. The molecule has 140 valence electrons. The van der Waals surface area contributed by atoms with Gasteiger partial charge in [-0.3, -0.25) is 9.20 Å². The lowest BCUT2D eigenvalue weighted by molar-refractivity contribution is 0.0933.